The lowest BCUT2D eigenvalue weighted by Crippen LogP contribution is -2.18. The Morgan fingerprint density at radius 2 is 2.16 bits per heavy atom. The highest BCUT2D eigenvalue weighted by Crippen LogP contribution is 2.23. The minimum atomic E-state index is -0.175. The molecule has 19 heavy (non-hydrogen) atoms. The molecule has 1 saturated carbocycles. The number of thiazole rings is 1. The first kappa shape index (κ1) is 14.3. The summed E-state index contributed by atoms with van der Waals surface area (Å²) in [6.45, 7) is 0. The van der Waals surface area contributed by atoms with E-state index in [2.05, 4.69) is 15.0 Å². The van der Waals surface area contributed by atoms with Crippen LogP contribution in [-0.2, 0) is 16.0 Å². The zero-order valence-corrected chi connectivity index (χ0v) is 12.3. The van der Waals surface area contributed by atoms with Crippen molar-refractivity contribution in [2.75, 3.05) is 12.4 Å². The van der Waals surface area contributed by atoms with Gasteiger partial charge in [0, 0.05) is 17.8 Å². The standard InChI is InChI=1S/C14H22N2O2S/c1-18-13(17)9-8-12-10-19-14(16-12)15-11-6-4-2-3-5-7-11/h10-11H,2-9H2,1H3,(H,15,16). The van der Waals surface area contributed by atoms with E-state index in [-0.39, 0.29) is 5.97 Å². The molecule has 2 rings (SSSR count). The Kier molecular flexibility index (Phi) is 5.63. The number of nitrogens with one attached hydrogen (secondary N) is 1. The van der Waals surface area contributed by atoms with Gasteiger partial charge in [-0.3, -0.25) is 4.79 Å². The summed E-state index contributed by atoms with van der Waals surface area (Å²) in [6, 6.07) is 0.571. The summed E-state index contributed by atoms with van der Waals surface area (Å²) in [5.41, 5.74) is 0.978. The third-order valence-electron chi connectivity index (χ3n) is 3.55. The highest BCUT2D eigenvalue weighted by Gasteiger charge is 2.13. The smallest absolute Gasteiger partial charge is 0.305 e. The fourth-order valence-electron chi connectivity index (χ4n) is 2.42. The van der Waals surface area contributed by atoms with Gasteiger partial charge in [0.2, 0.25) is 0 Å². The van der Waals surface area contributed by atoms with Crippen LogP contribution in [0.25, 0.3) is 0 Å². The molecule has 1 heterocycles. The summed E-state index contributed by atoms with van der Waals surface area (Å²) in [5, 5.41) is 6.56. The van der Waals surface area contributed by atoms with E-state index in [0.717, 1.165) is 10.8 Å². The van der Waals surface area contributed by atoms with Gasteiger partial charge < -0.3 is 10.1 Å². The molecular weight excluding hydrogens is 260 g/mol. The largest absolute Gasteiger partial charge is 0.469 e. The molecule has 0 radical (unpaired) electrons. The van der Waals surface area contributed by atoms with Crippen LogP contribution in [0.3, 0.4) is 0 Å². The van der Waals surface area contributed by atoms with E-state index >= 15 is 0 Å². The summed E-state index contributed by atoms with van der Waals surface area (Å²) in [4.78, 5) is 15.6. The monoisotopic (exact) mass is 282 g/mol. The maximum Gasteiger partial charge on any atom is 0.305 e. The number of hydrogen-bond acceptors (Lipinski definition) is 5. The van der Waals surface area contributed by atoms with Crippen molar-refractivity contribution >= 4 is 22.4 Å². The van der Waals surface area contributed by atoms with Crippen molar-refractivity contribution in [1.82, 2.24) is 4.98 Å². The van der Waals surface area contributed by atoms with Crippen LogP contribution in [0, 0.1) is 0 Å². The van der Waals surface area contributed by atoms with Crippen molar-refractivity contribution < 1.29 is 9.53 Å². The molecule has 106 valence electrons. The fourth-order valence-corrected chi connectivity index (χ4v) is 3.24. The maximum atomic E-state index is 11.1. The number of aromatic nitrogens is 1. The molecule has 1 aromatic heterocycles. The third kappa shape index (κ3) is 4.82. The Balaban J connectivity index is 1.81. The van der Waals surface area contributed by atoms with Crippen LogP contribution >= 0.6 is 11.3 Å². The predicted octanol–water partition coefficient (Wildman–Crippen LogP) is 3.38. The van der Waals surface area contributed by atoms with Gasteiger partial charge in [-0.15, -0.1) is 11.3 Å². The molecular formula is C14H22N2O2S. The Morgan fingerprint density at radius 3 is 2.84 bits per heavy atom. The minimum absolute atomic E-state index is 0.175. The fraction of sp³-hybridized carbons (Fsp3) is 0.714. The lowest BCUT2D eigenvalue weighted by Gasteiger charge is -2.14. The average molecular weight is 282 g/mol. The zero-order chi connectivity index (χ0) is 13.5. The first-order valence-corrected chi connectivity index (χ1v) is 7.93. The second-order valence-corrected chi connectivity index (χ2v) is 5.91. The van der Waals surface area contributed by atoms with Crippen molar-refractivity contribution in [3.8, 4) is 0 Å². The van der Waals surface area contributed by atoms with Gasteiger partial charge in [-0.1, -0.05) is 25.7 Å². The summed E-state index contributed by atoms with van der Waals surface area (Å²) in [7, 11) is 1.42. The van der Waals surface area contributed by atoms with Gasteiger partial charge >= 0.3 is 5.97 Å². The molecule has 0 amide bonds. The van der Waals surface area contributed by atoms with Crippen LogP contribution in [-0.4, -0.2) is 24.1 Å². The quantitative estimate of drug-likeness (QED) is 0.664. The van der Waals surface area contributed by atoms with E-state index in [9.17, 15) is 4.79 Å². The second-order valence-electron chi connectivity index (χ2n) is 5.05. The van der Waals surface area contributed by atoms with Crippen molar-refractivity contribution in [2.45, 2.75) is 57.4 Å². The van der Waals surface area contributed by atoms with Crippen LogP contribution < -0.4 is 5.32 Å². The van der Waals surface area contributed by atoms with Gasteiger partial charge in [0.1, 0.15) is 0 Å². The number of methoxy groups -OCH3 is 1. The molecule has 1 fully saturated rings. The number of ether oxygens (including phenoxy) is 1. The van der Waals surface area contributed by atoms with E-state index < -0.39 is 0 Å². The number of carbonyl (C=O) groups excluding carboxylic acids is 1. The van der Waals surface area contributed by atoms with Crippen molar-refractivity contribution in [3.05, 3.63) is 11.1 Å². The Morgan fingerprint density at radius 1 is 1.42 bits per heavy atom. The minimum Gasteiger partial charge on any atom is -0.469 e. The maximum absolute atomic E-state index is 11.1. The number of nitrogens with zero attached hydrogens (tertiary/aromatic N) is 1. The average Bonchev–Trinajstić information content (AvgIpc) is 2.70. The van der Waals surface area contributed by atoms with Crippen molar-refractivity contribution in [3.63, 3.8) is 0 Å². The summed E-state index contributed by atoms with van der Waals surface area (Å²) in [5.74, 6) is -0.175. The Bertz CT molecular complexity index is 398. The van der Waals surface area contributed by atoms with Gasteiger partial charge in [0.25, 0.3) is 0 Å². The van der Waals surface area contributed by atoms with Crippen LogP contribution in [0.15, 0.2) is 5.38 Å². The van der Waals surface area contributed by atoms with E-state index in [0.29, 0.717) is 18.9 Å². The Hall–Kier alpha value is -1.10. The molecule has 0 saturated heterocycles. The molecule has 0 aliphatic heterocycles. The van der Waals surface area contributed by atoms with Gasteiger partial charge in [-0.05, 0) is 12.8 Å². The summed E-state index contributed by atoms with van der Waals surface area (Å²) < 4.78 is 4.64. The van der Waals surface area contributed by atoms with E-state index in [1.807, 2.05) is 5.38 Å². The molecule has 5 heteroatoms. The lowest BCUT2D eigenvalue weighted by atomic mass is 10.1. The third-order valence-corrected chi connectivity index (χ3v) is 4.37. The zero-order valence-electron chi connectivity index (χ0n) is 11.5. The van der Waals surface area contributed by atoms with Gasteiger partial charge in [0.15, 0.2) is 5.13 Å². The number of hydrogen-bond donors (Lipinski definition) is 1. The number of esters is 1. The van der Waals surface area contributed by atoms with Crippen LogP contribution in [0.5, 0.6) is 0 Å². The first-order valence-electron chi connectivity index (χ1n) is 7.05. The number of carbonyl (C=O) groups is 1. The normalized spacial score (nSPS) is 16.9. The predicted molar refractivity (Wildman–Crippen MR) is 77.6 cm³/mol. The molecule has 4 nitrogen and oxygen atoms in total. The van der Waals surface area contributed by atoms with E-state index in [1.54, 1.807) is 11.3 Å². The highest BCUT2D eigenvalue weighted by molar-refractivity contribution is 7.13. The van der Waals surface area contributed by atoms with Crippen molar-refractivity contribution in [1.29, 1.82) is 0 Å². The second kappa shape index (κ2) is 7.48. The summed E-state index contributed by atoms with van der Waals surface area (Å²) in [6.07, 6.45) is 8.92. The molecule has 0 bridgehead atoms. The van der Waals surface area contributed by atoms with Crippen LogP contribution in [0.1, 0.15) is 50.6 Å². The van der Waals surface area contributed by atoms with Crippen LogP contribution in [0.2, 0.25) is 0 Å². The van der Waals surface area contributed by atoms with Gasteiger partial charge in [0.05, 0.1) is 19.2 Å². The van der Waals surface area contributed by atoms with Crippen molar-refractivity contribution in [2.24, 2.45) is 0 Å². The molecule has 1 N–H and O–H groups in total. The van der Waals surface area contributed by atoms with Gasteiger partial charge in [-0.2, -0.15) is 0 Å². The number of aryl methyl sites for hydroxylation is 1. The van der Waals surface area contributed by atoms with E-state index in [1.165, 1.54) is 45.6 Å². The van der Waals surface area contributed by atoms with Gasteiger partial charge in [-0.25, -0.2) is 4.98 Å². The molecule has 1 aromatic rings. The van der Waals surface area contributed by atoms with E-state index in [4.69, 9.17) is 0 Å². The number of anilines is 1. The molecule has 0 spiro atoms. The molecule has 1 aliphatic carbocycles. The molecule has 0 atom stereocenters. The molecule has 1 aliphatic rings. The first-order chi connectivity index (χ1) is 9.28. The lowest BCUT2D eigenvalue weighted by molar-refractivity contribution is -0.140. The topological polar surface area (TPSA) is 51.2 Å². The highest BCUT2D eigenvalue weighted by atomic mass is 32.1. The van der Waals surface area contributed by atoms with Crippen LogP contribution in [0.4, 0.5) is 5.13 Å². The number of rotatable bonds is 5. The molecule has 0 aromatic carbocycles. The summed E-state index contributed by atoms with van der Waals surface area (Å²) >= 11 is 1.63. The molecule has 0 unspecified atom stereocenters. The Labute approximate surface area is 118 Å². The SMILES string of the molecule is COC(=O)CCc1csc(NC2CCCCCC2)n1.